The Morgan fingerprint density at radius 3 is 2.31 bits per heavy atom. The minimum absolute atomic E-state index is 0.190. The number of ether oxygens (including phenoxy) is 2. The predicted molar refractivity (Wildman–Crippen MR) is 55.1 cm³/mol. The zero-order valence-corrected chi connectivity index (χ0v) is 9.35. The third-order valence-electron chi connectivity index (χ3n) is 1.54. The van der Waals surface area contributed by atoms with Crippen LogP contribution in [0.2, 0.25) is 0 Å². The number of hydrogen-bond donors (Lipinski definition) is 1. The summed E-state index contributed by atoms with van der Waals surface area (Å²) in [7, 11) is 1.71. The lowest BCUT2D eigenvalue weighted by molar-refractivity contribution is 0.101. The molecule has 0 aliphatic rings. The van der Waals surface area contributed by atoms with Crippen molar-refractivity contribution in [2.75, 3.05) is 33.5 Å². The van der Waals surface area contributed by atoms with Gasteiger partial charge in [0, 0.05) is 32.4 Å². The second-order valence-electron chi connectivity index (χ2n) is 4.14. The second kappa shape index (κ2) is 7.30. The van der Waals surface area contributed by atoms with Gasteiger partial charge in [-0.15, -0.1) is 0 Å². The van der Waals surface area contributed by atoms with E-state index in [1.54, 1.807) is 7.11 Å². The molecule has 80 valence electrons. The zero-order valence-electron chi connectivity index (χ0n) is 9.35. The molecule has 0 aromatic carbocycles. The highest BCUT2D eigenvalue weighted by molar-refractivity contribution is 4.69. The Kier molecular flexibility index (Phi) is 7.23. The minimum Gasteiger partial charge on any atom is -0.385 e. The fourth-order valence-corrected chi connectivity index (χ4v) is 0.906. The van der Waals surface area contributed by atoms with E-state index >= 15 is 0 Å². The van der Waals surface area contributed by atoms with Gasteiger partial charge in [-0.3, -0.25) is 0 Å². The van der Waals surface area contributed by atoms with Gasteiger partial charge in [0.05, 0.1) is 6.61 Å². The molecule has 0 saturated carbocycles. The van der Waals surface area contributed by atoms with Gasteiger partial charge in [-0.1, -0.05) is 0 Å². The molecule has 1 N–H and O–H groups in total. The number of hydrogen-bond acceptors (Lipinski definition) is 3. The predicted octanol–water partition coefficient (Wildman–Crippen LogP) is 1.43. The summed E-state index contributed by atoms with van der Waals surface area (Å²) in [5.74, 6) is 0. The van der Waals surface area contributed by atoms with Crippen LogP contribution in [0.15, 0.2) is 0 Å². The van der Waals surface area contributed by atoms with Crippen LogP contribution in [0.3, 0.4) is 0 Å². The normalized spacial score (nSPS) is 12.0. The van der Waals surface area contributed by atoms with E-state index in [0.29, 0.717) is 0 Å². The molecule has 0 amide bonds. The van der Waals surface area contributed by atoms with Crippen LogP contribution in [0.4, 0.5) is 0 Å². The average Bonchev–Trinajstić information content (AvgIpc) is 2.01. The molecule has 0 bridgehead atoms. The van der Waals surface area contributed by atoms with Gasteiger partial charge in [-0.2, -0.15) is 0 Å². The fraction of sp³-hybridized carbons (Fsp3) is 1.00. The van der Waals surface area contributed by atoms with E-state index in [1.807, 2.05) is 0 Å². The molecule has 0 saturated heterocycles. The van der Waals surface area contributed by atoms with E-state index in [4.69, 9.17) is 9.47 Å². The summed E-state index contributed by atoms with van der Waals surface area (Å²) in [5.41, 5.74) is 0.190. The first-order valence-electron chi connectivity index (χ1n) is 4.88. The first-order chi connectivity index (χ1) is 6.06. The molecular formula is C10H23NO2. The van der Waals surface area contributed by atoms with Crippen molar-refractivity contribution in [1.29, 1.82) is 0 Å². The SMILES string of the molecule is COCCCOCCNC(C)(C)C. The van der Waals surface area contributed by atoms with Crippen LogP contribution in [0.25, 0.3) is 0 Å². The number of rotatable bonds is 7. The van der Waals surface area contributed by atoms with E-state index in [1.165, 1.54) is 0 Å². The third kappa shape index (κ3) is 11.9. The molecule has 0 aliphatic carbocycles. The first-order valence-corrected chi connectivity index (χ1v) is 4.88. The van der Waals surface area contributed by atoms with Crippen molar-refractivity contribution in [3.63, 3.8) is 0 Å². The van der Waals surface area contributed by atoms with Gasteiger partial charge in [0.25, 0.3) is 0 Å². The molecule has 0 radical (unpaired) electrons. The quantitative estimate of drug-likeness (QED) is 0.615. The lowest BCUT2D eigenvalue weighted by atomic mass is 10.1. The summed E-state index contributed by atoms with van der Waals surface area (Å²) < 4.78 is 10.3. The summed E-state index contributed by atoms with van der Waals surface area (Å²) in [6.45, 7) is 9.72. The Morgan fingerprint density at radius 1 is 1.08 bits per heavy atom. The molecule has 0 spiro atoms. The standard InChI is InChI=1S/C10H23NO2/c1-10(2,3)11-6-9-13-8-5-7-12-4/h11H,5-9H2,1-4H3. The van der Waals surface area contributed by atoms with Crippen LogP contribution in [0.5, 0.6) is 0 Å². The minimum atomic E-state index is 0.190. The monoisotopic (exact) mass is 189 g/mol. The van der Waals surface area contributed by atoms with Gasteiger partial charge in [0.15, 0.2) is 0 Å². The molecule has 13 heavy (non-hydrogen) atoms. The van der Waals surface area contributed by atoms with Crippen LogP contribution >= 0.6 is 0 Å². The van der Waals surface area contributed by atoms with Gasteiger partial charge in [0.2, 0.25) is 0 Å². The maximum Gasteiger partial charge on any atom is 0.0591 e. The van der Waals surface area contributed by atoms with Crippen molar-refractivity contribution < 1.29 is 9.47 Å². The molecule has 0 heterocycles. The van der Waals surface area contributed by atoms with E-state index in [9.17, 15) is 0 Å². The summed E-state index contributed by atoms with van der Waals surface area (Å²) in [6, 6.07) is 0. The highest BCUT2D eigenvalue weighted by atomic mass is 16.5. The van der Waals surface area contributed by atoms with E-state index in [-0.39, 0.29) is 5.54 Å². The number of methoxy groups -OCH3 is 1. The smallest absolute Gasteiger partial charge is 0.0591 e. The average molecular weight is 189 g/mol. The van der Waals surface area contributed by atoms with Crippen LogP contribution in [-0.2, 0) is 9.47 Å². The Bertz CT molecular complexity index is 110. The molecular weight excluding hydrogens is 166 g/mol. The Balaban J connectivity index is 3.00. The van der Waals surface area contributed by atoms with Gasteiger partial charge < -0.3 is 14.8 Å². The highest BCUT2D eigenvalue weighted by Crippen LogP contribution is 1.96. The van der Waals surface area contributed by atoms with Crippen molar-refractivity contribution in [3.05, 3.63) is 0 Å². The molecule has 3 nitrogen and oxygen atoms in total. The molecule has 3 heteroatoms. The van der Waals surface area contributed by atoms with Gasteiger partial charge in [0.1, 0.15) is 0 Å². The van der Waals surface area contributed by atoms with E-state index in [0.717, 1.165) is 32.8 Å². The summed E-state index contributed by atoms with van der Waals surface area (Å²) in [6.07, 6.45) is 0.978. The third-order valence-corrected chi connectivity index (χ3v) is 1.54. The van der Waals surface area contributed by atoms with E-state index in [2.05, 4.69) is 26.1 Å². The maximum absolute atomic E-state index is 5.39. The summed E-state index contributed by atoms with van der Waals surface area (Å²) in [4.78, 5) is 0. The largest absolute Gasteiger partial charge is 0.385 e. The molecule has 0 unspecified atom stereocenters. The maximum atomic E-state index is 5.39. The molecule has 0 aromatic heterocycles. The second-order valence-corrected chi connectivity index (χ2v) is 4.14. The molecule has 0 aliphatic heterocycles. The van der Waals surface area contributed by atoms with Crippen molar-refractivity contribution >= 4 is 0 Å². The molecule has 0 atom stereocenters. The molecule has 0 aromatic rings. The lowest BCUT2D eigenvalue weighted by Crippen LogP contribution is -2.38. The highest BCUT2D eigenvalue weighted by Gasteiger charge is 2.06. The van der Waals surface area contributed by atoms with Crippen molar-refractivity contribution in [3.8, 4) is 0 Å². The van der Waals surface area contributed by atoms with Crippen molar-refractivity contribution in [2.45, 2.75) is 32.7 Å². The van der Waals surface area contributed by atoms with Crippen LogP contribution in [0, 0.1) is 0 Å². The molecule has 0 rings (SSSR count). The lowest BCUT2D eigenvalue weighted by Gasteiger charge is -2.20. The zero-order chi connectivity index (χ0) is 10.2. The summed E-state index contributed by atoms with van der Waals surface area (Å²) in [5, 5.41) is 3.36. The van der Waals surface area contributed by atoms with Crippen LogP contribution in [0.1, 0.15) is 27.2 Å². The van der Waals surface area contributed by atoms with Gasteiger partial charge in [-0.25, -0.2) is 0 Å². The van der Waals surface area contributed by atoms with Crippen LogP contribution < -0.4 is 5.32 Å². The van der Waals surface area contributed by atoms with Crippen molar-refractivity contribution in [1.82, 2.24) is 5.32 Å². The summed E-state index contributed by atoms with van der Waals surface area (Å²) >= 11 is 0. The number of nitrogens with one attached hydrogen (secondary N) is 1. The fourth-order valence-electron chi connectivity index (χ4n) is 0.906. The van der Waals surface area contributed by atoms with Gasteiger partial charge >= 0.3 is 0 Å². The molecule has 0 fully saturated rings. The van der Waals surface area contributed by atoms with Crippen LogP contribution in [-0.4, -0.2) is 39.0 Å². The van der Waals surface area contributed by atoms with E-state index < -0.39 is 0 Å². The van der Waals surface area contributed by atoms with Gasteiger partial charge in [-0.05, 0) is 27.2 Å². The topological polar surface area (TPSA) is 30.5 Å². The Labute approximate surface area is 81.8 Å². The first kappa shape index (κ1) is 12.9. The van der Waals surface area contributed by atoms with Crippen molar-refractivity contribution in [2.24, 2.45) is 0 Å². The Morgan fingerprint density at radius 2 is 1.77 bits per heavy atom. The Hall–Kier alpha value is -0.120.